The second-order valence-corrected chi connectivity index (χ2v) is 6.36. The molecule has 9 nitrogen and oxygen atoms in total. The zero-order chi connectivity index (χ0) is 17.1. The summed E-state index contributed by atoms with van der Waals surface area (Å²) in [5, 5.41) is 13.0. The molecule has 0 aliphatic carbocycles. The van der Waals surface area contributed by atoms with Gasteiger partial charge in [0, 0.05) is 25.3 Å². The van der Waals surface area contributed by atoms with Crippen molar-refractivity contribution in [1.29, 1.82) is 0 Å². The zero-order valence-electron chi connectivity index (χ0n) is 12.6. The van der Waals surface area contributed by atoms with Crippen molar-refractivity contribution in [3.05, 3.63) is 22.9 Å². The van der Waals surface area contributed by atoms with Crippen LogP contribution >= 0.6 is 11.8 Å². The van der Waals surface area contributed by atoms with Crippen LogP contribution in [-0.4, -0.2) is 51.4 Å². The number of carbonyl (C=O) groups excluding carboxylic acids is 2. The number of piperidine rings is 1. The van der Waals surface area contributed by atoms with E-state index in [4.69, 9.17) is 5.11 Å². The van der Waals surface area contributed by atoms with E-state index in [1.165, 1.54) is 0 Å². The summed E-state index contributed by atoms with van der Waals surface area (Å²) >= 11 is 0.840. The van der Waals surface area contributed by atoms with E-state index < -0.39 is 17.2 Å². The molecule has 3 rings (SSSR count). The Kier molecular flexibility index (Phi) is 4.65. The van der Waals surface area contributed by atoms with Crippen LogP contribution in [0.25, 0.3) is 6.08 Å². The molecule has 2 fully saturated rings. The summed E-state index contributed by atoms with van der Waals surface area (Å²) in [6.45, 7) is 1.28. The van der Waals surface area contributed by atoms with E-state index in [-0.39, 0.29) is 6.04 Å². The molecular weight excluding hydrogens is 334 g/mol. The number of thioether (sulfide) groups is 1. The van der Waals surface area contributed by atoms with Crippen LogP contribution in [0.5, 0.6) is 0 Å². The molecule has 0 radical (unpaired) electrons. The topological polar surface area (TPSA) is 125 Å². The molecule has 0 saturated carbocycles. The van der Waals surface area contributed by atoms with E-state index >= 15 is 0 Å². The molecule has 0 atom stereocenters. The number of amides is 3. The van der Waals surface area contributed by atoms with E-state index in [9.17, 15) is 14.4 Å². The van der Waals surface area contributed by atoms with Gasteiger partial charge in [0.2, 0.25) is 5.95 Å². The Morgan fingerprint density at radius 1 is 1.42 bits per heavy atom. The van der Waals surface area contributed by atoms with Gasteiger partial charge in [0.25, 0.3) is 11.1 Å². The van der Waals surface area contributed by atoms with Crippen molar-refractivity contribution in [1.82, 2.24) is 20.6 Å². The average molecular weight is 349 g/mol. The summed E-state index contributed by atoms with van der Waals surface area (Å²) in [4.78, 5) is 44.3. The number of aromatic nitrogens is 2. The molecule has 3 amide bonds. The van der Waals surface area contributed by atoms with Crippen LogP contribution in [0.2, 0.25) is 0 Å². The molecule has 1 aromatic heterocycles. The third-order valence-corrected chi connectivity index (χ3v) is 4.50. The quantitative estimate of drug-likeness (QED) is 0.691. The van der Waals surface area contributed by atoms with E-state index in [0.29, 0.717) is 42.5 Å². The maximum atomic E-state index is 11.6. The number of carboxylic acid groups (broad SMARTS) is 1. The number of hydrogen-bond acceptors (Lipinski definition) is 7. The molecule has 2 aliphatic rings. The fourth-order valence-electron chi connectivity index (χ4n) is 2.55. The van der Waals surface area contributed by atoms with Crippen molar-refractivity contribution < 1.29 is 19.5 Å². The third kappa shape index (κ3) is 3.82. The summed E-state index contributed by atoms with van der Waals surface area (Å²) in [6, 6.07) is 1.60. The number of nitrogens with one attached hydrogen (secondary N) is 2. The average Bonchev–Trinajstić information content (AvgIpc) is 2.85. The van der Waals surface area contributed by atoms with Crippen molar-refractivity contribution in [2.45, 2.75) is 18.9 Å². The van der Waals surface area contributed by atoms with Crippen molar-refractivity contribution >= 4 is 41.0 Å². The highest BCUT2D eigenvalue weighted by atomic mass is 32.2. The maximum Gasteiger partial charge on any atom is 0.404 e. The first-order valence-electron chi connectivity index (χ1n) is 7.33. The van der Waals surface area contributed by atoms with Crippen LogP contribution < -0.4 is 15.5 Å². The molecule has 0 unspecified atom stereocenters. The molecule has 3 heterocycles. The lowest BCUT2D eigenvalue weighted by molar-refractivity contribution is -0.115. The van der Waals surface area contributed by atoms with Crippen molar-refractivity contribution in [3.8, 4) is 0 Å². The van der Waals surface area contributed by atoms with Crippen molar-refractivity contribution in [2.75, 3.05) is 18.0 Å². The predicted molar refractivity (Wildman–Crippen MR) is 87.5 cm³/mol. The van der Waals surface area contributed by atoms with Crippen LogP contribution in [0.4, 0.5) is 15.5 Å². The van der Waals surface area contributed by atoms with Gasteiger partial charge in [-0.25, -0.2) is 14.8 Å². The lowest BCUT2D eigenvalue weighted by atomic mass is 10.1. The SMILES string of the molecule is O=C(O)NC1CCN(c2nccc(C=C3SC(=O)NC3=O)n2)CC1. The minimum atomic E-state index is -1.01. The van der Waals surface area contributed by atoms with Gasteiger partial charge in [0.05, 0.1) is 10.6 Å². The number of anilines is 1. The number of imide groups is 1. The molecule has 0 bridgehead atoms. The van der Waals surface area contributed by atoms with Gasteiger partial charge < -0.3 is 15.3 Å². The second-order valence-electron chi connectivity index (χ2n) is 5.34. The Morgan fingerprint density at radius 2 is 2.17 bits per heavy atom. The van der Waals surface area contributed by atoms with Gasteiger partial charge in [-0.05, 0) is 36.7 Å². The number of nitrogens with zero attached hydrogens (tertiary/aromatic N) is 3. The van der Waals surface area contributed by atoms with Crippen molar-refractivity contribution in [2.24, 2.45) is 0 Å². The lowest BCUT2D eigenvalue weighted by Gasteiger charge is -2.31. The minimum absolute atomic E-state index is 0.0614. The first-order valence-corrected chi connectivity index (χ1v) is 8.15. The monoisotopic (exact) mass is 349 g/mol. The first kappa shape index (κ1) is 16.2. The van der Waals surface area contributed by atoms with Gasteiger partial charge in [-0.2, -0.15) is 0 Å². The van der Waals surface area contributed by atoms with Crippen LogP contribution in [0.15, 0.2) is 17.2 Å². The standard InChI is InChI=1S/C14H15N5O4S/c20-11-10(24-14(23)18-11)7-9-1-4-15-12(16-9)19-5-2-8(3-6-19)17-13(21)22/h1,4,7-8,17H,2-3,5-6H2,(H,21,22)(H,18,20,23). The fraction of sp³-hybridized carbons (Fsp3) is 0.357. The van der Waals surface area contributed by atoms with Gasteiger partial charge in [0.1, 0.15) is 0 Å². The van der Waals surface area contributed by atoms with Gasteiger partial charge in [-0.1, -0.05) is 0 Å². The summed E-state index contributed by atoms with van der Waals surface area (Å²) < 4.78 is 0. The molecule has 1 aromatic rings. The highest BCUT2D eigenvalue weighted by Gasteiger charge is 2.26. The van der Waals surface area contributed by atoms with Crippen LogP contribution in [-0.2, 0) is 4.79 Å². The van der Waals surface area contributed by atoms with Crippen LogP contribution in [0, 0.1) is 0 Å². The number of rotatable bonds is 3. The molecule has 126 valence electrons. The van der Waals surface area contributed by atoms with E-state index in [1.807, 2.05) is 4.90 Å². The van der Waals surface area contributed by atoms with Crippen molar-refractivity contribution in [3.63, 3.8) is 0 Å². The van der Waals surface area contributed by atoms with Crippen LogP contribution in [0.1, 0.15) is 18.5 Å². The summed E-state index contributed by atoms with van der Waals surface area (Å²) in [7, 11) is 0. The highest BCUT2D eigenvalue weighted by molar-refractivity contribution is 8.18. The Labute approximate surface area is 141 Å². The Balaban J connectivity index is 1.68. The zero-order valence-corrected chi connectivity index (χ0v) is 13.4. The van der Waals surface area contributed by atoms with Gasteiger partial charge >= 0.3 is 6.09 Å². The smallest absolute Gasteiger partial charge is 0.404 e. The predicted octanol–water partition coefficient (Wildman–Crippen LogP) is 1.04. The number of carbonyl (C=O) groups is 3. The largest absolute Gasteiger partial charge is 0.465 e. The van der Waals surface area contributed by atoms with Crippen LogP contribution in [0.3, 0.4) is 0 Å². The highest BCUT2D eigenvalue weighted by Crippen LogP contribution is 2.25. The van der Waals surface area contributed by atoms with Gasteiger partial charge in [-0.15, -0.1) is 0 Å². The first-order chi connectivity index (χ1) is 11.5. The second kappa shape index (κ2) is 6.87. The fourth-order valence-corrected chi connectivity index (χ4v) is 3.22. The van der Waals surface area contributed by atoms with Gasteiger partial charge in [-0.3, -0.25) is 14.9 Å². The van der Waals surface area contributed by atoms with E-state index in [2.05, 4.69) is 20.6 Å². The molecular formula is C14H15N5O4S. The Hall–Kier alpha value is -2.62. The molecule has 0 spiro atoms. The lowest BCUT2D eigenvalue weighted by Crippen LogP contribution is -2.44. The Morgan fingerprint density at radius 3 is 2.79 bits per heavy atom. The molecule has 24 heavy (non-hydrogen) atoms. The Bertz CT molecular complexity index is 715. The third-order valence-electron chi connectivity index (χ3n) is 3.69. The van der Waals surface area contributed by atoms with Gasteiger partial charge in [0.15, 0.2) is 0 Å². The minimum Gasteiger partial charge on any atom is -0.465 e. The number of hydrogen-bond donors (Lipinski definition) is 3. The molecule has 2 saturated heterocycles. The maximum absolute atomic E-state index is 11.6. The van der Waals surface area contributed by atoms with E-state index in [1.54, 1.807) is 18.3 Å². The summed E-state index contributed by atoms with van der Waals surface area (Å²) in [6.07, 6.45) is 3.48. The summed E-state index contributed by atoms with van der Waals surface area (Å²) in [5.41, 5.74) is 0.540. The molecule has 2 aliphatic heterocycles. The molecule has 10 heteroatoms. The van der Waals surface area contributed by atoms with E-state index in [0.717, 1.165) is 11.8 Å². The molecule has 0 aromatic carbocycles. The summed E-state index contributed by atoms with van der Waals surface area (Å²) in [5.74, 6) is 0.0959. The molecule has 3 N–H and O–H groups in total. The normalized spacial score (nSPS) is 20.3.